The quantitative estimate of drug-likeness (QED) is 0.479. The van der Waals surface area contributed by atoms with Gasteiger partial charge in [0, 0.05) is 0 Å². The van der Waals surface area contributed by atoms with Gasteiger partial charge in [-0.3, -0.25) is 4.79 Å². The van der Waals surface area contributed by atoms with Crippen LogP contribution in [0, 0.1) is 29.1 Å². The van der Waals surface area contributed by atoms with Crippen LogP contribution >= 0.6 is 0 Å². The molecule has 3 nitrogen and oxygen atoms in total. The maximum atomic E-state index is 13.8. The second-order valence-electron chi connectivity index (χ2n) is 6.50. The van der Waals surface area contributed by atoms with Crippen LogP contribution in [0.15, 0.2) is 36.4 Å². The van der Waals surface area contributed by atoms with Gasteiger partial charge in [-0.25, -0.2) is 22.0 Å². The molecule has 2 aromatic carbocycles. The number of rotatable bonds is 4. The molecule has 3 rings (SSSR count). The van der Waals surface area contributed by atoms with Crippen molar-refractivity contribution >= 4 is 12.0 Å². The fourth-order valence-corrected chi connectivity index (χ4v) is 3.11. The fraction of sp³-hybridized carbons (Fsp3) is 0.250. The Balaban J connectivity index is 1.62. The molecule has 0 aliphatic carbocycles. The van der Waals surface area contributed by atoms with Gasteiger partial charge < -0.3 is 9.80 Å². The Bertz CT molecular complexity index is 864. The molecule has 0 saturated carbocycles. The first-order chi connectivity index (χ1) is 13.4. The summed E-state index contributed by atoms with van der Waals surface area (Å²) in [5.74, 6) is -11.9. The van der Waals surface area contributed by atoms with Crippen LogP contribution in [-0.4, -0.2) is 43.5 Å². The molecular formula is C20H18F5N2O+. The van der Waals surface area contributed by atoms with Crippen LogP contribution in [-0.2, 0) is 0 Å². The molecule has 1 saturated heterocycles. The van der Waals surface area contributed by atoms with Gasteiger partial charge in [0.25, 0.3) is 5.91 Å². The minimum absolute atomic E-state index is 0.160. The lowest BCUT2D eigenvalue weighted by molar-refractivity contribution is -0.898. The molecule has 1 heterocycles. The van der Waals surface area contributed by atoms with Crippen molar-refractivity contribution in [3.8, 4) is 0 Å². The zero-order valence-corrected chi connectivity index (χ0v) is 14.8. The number of quaternary nitrogens is 1. The molecule has 0 unspecified atom stereocenters. The molecule has 0 spiro atoms. The Morgan fingerprint density at radius 1 is 0.893 bits per heavy atom. The summed E-state index contributed by atoms with van der Waals surface area (Å²) >= 11 is 0. The second kappa shape index (κ2) is 8.52. The van der Waals surface area contributed by atoms with Crippen molar-refractivity contribution in [3.63, 3.8) is 0 Å². The van der Waals surface area contributed by atoms with Gasteiger partial charge in [0.15, 0.2) is 23.3 Å². The summed E-state index contributed by atoms with van der Waals surface area (Å²) in [7, 11) is 0. The number of hydrogen-bond donors (Lipinski definition) is 1. The lowest BCUT2D eigenvalue weighted by Crippen LogP contribution is -3.14. The van der Waals surface area contributed by atoms with Crippen molar-refractivity contribution in [3.05, 3.63) is 76.6 Å². The second-order valence-corrected chi connectivity index (χ2v) is 6.50. The van der Waals surface area contributed by atoms with E-state index in [1.165, 1.54) is 0 Å². The SMILES string of the molecule is O=C(c1c(F)c(F)c(F)c(F)c1F)N1CC[NH+](CC=Cc2ccccc2)CC1. The predicted octanol–water partition coefficient (Wildman–Crippen LogP) is 2.44. The Kier molecular flexibility index (Phi) is 6.08. The number of nitrogens with one attached hydrogen (secondary N) is 1. The van der Waals surface area contributed by atoms with E-state index in [9.17, 15) is 26.7 Å². The minimum atomic E-state index is -2.27. The van der Waals surface area contributed by atoms with Crippen molar-refractivity contribution < 1.29 is 31.6 Å². The Labute approximate surface area is 158 Å². The standard InChI is InChI=1S/C20H17F5N2O/c21-15-14(16(22)18(24)19(25)17(15)23)20(28)27-11-9-26(10-12-27)8-4-7-13-5-2-1-3-6-13/h1-7H,8-12H2/p+1. The third-order valence-corrected chi connectivity index (χ3v) is 4.70. The van der Waals surface area contributed by atoms with E-state index in [0.29, 0.717) is 19.6 Å². The average molecular weight is 397 g/mol. The maximum absolute atomic E-state index is 13.8. The zero-order valence-electron chi connectivity index (χ0n) is 14.8. The average Bonchev–Trinajstić information content (AvgIpc) is 2.72. The first-order valence-electron chi connectivity index (χ1n) is 8.76. The third kappa shape index (κ3) is 4.06. The monoisotopic (exact) mass is 397 g/mol. The highest BCUT2D eigenvalue weighted by Gasteiger charge is 2.33. The summed E-state index contributed by atoms with van der Waals surface area (Å²) in [6.45, 7) is 2.01. The van der Waals surface area contributed by atoms with E-state index >= 15 is 0 Å². The Hall–Kier alpha value is -2.74. The molecular weight excluding hydrogens is 379 g/mol. The molecule has 1 amide bonds. The Morgan fingerprint density at radius 3 is 2.00 bits per heavy atom. The van der Waals surface area contributed by atoms with Crippen LogP contribution in [0.3, 0.4) is 0 Å². The van der Waals surface area contributed by atoms with Gasteiger partial charge >= 0.3 is 0 Å². The van der Waals surface area contributed by atoms with Gasteiger partial charge in [0.05, 0.1) is 32.7 Å². The van der Waals surface area contributed by atoms with E-state index in [0.717, 1.165) is 15.4 Å². The molecule has 2 aromatic rings. The van der Waals surface area contributed by atoms with Gasteiger partial charge in [0.2, 0.25) is 5.82 Å². The smallest absolute Gasteiger partial charge is 0.260 e. The van der Waals surface area contributed by atoms with E-state index in [-0.39, 0.29) is 13.1 Å². The lowest BCUT2D eigenvalue weighted by Gasteiger charge is -2.32. The van der Waals surface area contributed by atoms with Crippen molar-refractivity contribution in [1.29, 1.82) is 0 Å². The van der Waals surface area contributed by atoms with Crippen LogP contribution < -0.4 is 4.90 Å². The first-order valence-corrected chi connectivity index (χ1v) is 8.76. The maximum Gasteiger partial charge on any atom is 0.260 e. The van der Waals surface area contributed by atoms with E-state index in [2.05, 4.69) is 0 Å². The number of halogens is 5. The molecule has 148 valence electrons. The summed E-state index contributed by atoms with van der Waals surface area (Å²) in [4.78, 5) is 14.6. The highest BCUT2D eigenvalue weighted by atomic mass is 19.2. The molecule has 0 atom stereocenters. The minimum Gasteiger partial charge on any atom is -0.329 e. The third-order valence-electron chi connectivity index (χ3n) is 4.70. The first kappa shape index (κ1) is 20.0. The summed E-state index contributed by atoms with van der Waals surface area (Å²) in [5, 5.41) is 0. The van der Waals surface area contributed by atoms with Crippen LogP contribution in [0.4, 0.5) is 22.0 Å². The van der Waals surface area contributed by atoms with E-state index in [4.69, 9.17) is 0 Å². The summed E-state index contributed by atoms with van der Waals surface area (Å²) in [6, 6.07) is 9.70. The molecule has 28 heavy (non-hydrogen) atoms. The van der Waals surface area contributed by atoms with E-state index in [1.54, 1.807) is 0 Å². The van der Waals surface area contributed by atoms with Gasteiger partial charge in [-0.15, -0.1) is 0 Å². The van der Waals surface area contributed by atoms with E-state index in [1.807, 2.05) is 42.5 Å². The largest absolute Gasteiger partial charge is 0.329 e. The molecule has 1 N–H and O–H groups in total. The van der Waals surface area contributed by atoms with Crippen molar-refractivity contribution in [1.82, 2.24) is 4.90 Å². The molecule has 1 aliphatic heterocycles. The summed E-state index contributed by atoms with van der Waals surface area (Å²) in [5.41, 5.74) is -0.342. The normalized spacial score (nSPS) is 15.4. The highest BCUT2D eigenvalue weighted by Crippen LogP contribution is 2.24. The molecule has 0 bridgehead atoms. The fourth-order valence-electron chi connectivity index (χ4n) is 3.11. The number of carbonyl (C=O) groups excluding carboxylic acids is 1. The summed E-state index contributed by atoms with van der Waals surface area (Å²) < 4.78 is 67.4. The lowest BCUT2D eigenvalue weighted by atomic mass is 10.1. The van der Waals surface area contributed by atoms with Gasteiger partial charge in [-0.05, 0) is 11.6 Å². The highest BCUT2D eigenvalue weighted by molar-refractivity contribution is 5.95. The van der Waals surface area contributed by atoms with E-state index < -0.39 is 40.6 Å². The predicted molar refractivity (Wildman–Crippen MR) is 93.2 cm³/mol. The number of nitrogens with zero attached hydrogens (tertiary/aromatic N) is 1. The topological polar surface area (TPSA) is 24.8 Å². The summed E-state index contributed by atoms with van der Waals surface area (Å²) in [6.07, 6.45) is 3.96. The van der Waals surface area contributed by atoms with Gasteiger partial charge in [0.1, 0.15) is 5.56 Å². The van der Waals surface area contributed by atoms with Gasteiger partial charge in [-0.2, -0.15) is 0 Å². The van der Waals surface area contributed by atoms with Crippen LogP contribution in [0.1, 0.15) is 15.9 Å². The van der Waals surface area contributed by atoms with Crippen LogP contribution in [0.5, 0.6) is 0 Å². The zero-order chi connectivity index (χ0) is 20.3. The Morgan fingerprint density at radius 2 is 1.43 bits per heavy atom. The van der Waals surface area contributed by atoms with Crippen molar-refractivity contribution in [2.45, 2.75) is 0 Å². The molecule has 8 heteroatoms. The van der Waals surface area contributed by atoms with Crippen LogP contribution in [0.2, 0.25) is 0 Å². The molecule has 0 aromatic heterocycles. The van der Waals surface area contributed by atoms with Crippen molar-refractivity contribution in [2.75, 3.05) is 32.7 Å². The molecule has 0 radical (unpaired) electrons. The number of benzene rings is 2. The number of piperazine rings is 1. The van der Waals surface area contributed by atoms with Gasteiger partial charge in [-0.1, -0.05) is 36.4 Å². The van der Waals surface area contributed by atoms with Crippen LogP contribution in [0.25, 0.3) is 6.08 Å². The number of amides is 1. The number of hydrogen-bond acceptors (Lipinski definition) is 1. The molecule has 1 aliphatic rings. The number of carbonyl (C=O) groups is 1. The van der Waals surface area contributed by atoms with Crippen molar-refractivity contribution in [2.24, 2.45) is 0 Å². The molecule has 1 fully saturated rings.